The minimum Gasteiger partial charge on any atom is -0.494 e. The largest absolute Gasteiger partial charge is 0.494 e. The van der Waals surface area contributed by atoms with E-state index in [2.05, 4.69) is 30.0 Å². The molecule has 0 radical (unpaired) electrons. The van der Waals surface area contributed by atoms with Gasteiger partial charge in [0.1, 0.15) is 11.3 Å². The van der Waals surface area contributed by atoms with Crippen molar-refractivity contribution in [1.82, 2.24) is 9.88 Å². The SMILES string of the molecule is COc1cccc2ccc(CN3CCC(C(C)N)C3)nc12. The molecule has 2 N–H and O–H groups in total. The highest BCUT2D eigenvalue weighted by atomic mass is 16.5. The van der Waals surface area contributed by atoms with Gasteiger partial charge in [-0.3, -0.25) is 4.90 Å². The van der Waals surface area contributed by atoms with Crippen molar-refractivity contribution in [2.24, 2.45) is 11.7 Å². The van der Waals surface area contributed by atoms with Gasteiger partial charge in [0.2, 0.25) is 0 Å². The van der Waals surface area contributed by atoms with Crippen LogP contribution in [0.1, 0.15) is 19.0 Å². The Balaban J connectivity index is 1.79. The van der Waals surface area contributed by atoms with Gasteiger partial charge in [0.25, 0.3) is 0 Å². The fourth-order valence-corrected chi connectivity index (χ4v) is 3.08. The summed E-state index contributed by atoms with van der Waals surface area (Å²) >= 11 is 0. The lowest BCUT2D eigenvalue weighted by Crippen LogP contribution is -2.29. The van der Waals surface area contributed by atoms with E-state index >= 15 is 0 Å². The number of fused-ring (bicyclic) bond motifs is 1. The number of ether oxygens (including phenoxy) is 1. The second-order valence-corrected chi connectivity index (χ2v) is 5.98. The average Bonchev–Trinajstić information content (AvgIpc) is 2.95. The molecule has 1 saturated heterocycles. The molecule has 2 unspecified atom stereocenters. The van der Waals surface area contributed by atoms with E-state index in [1.54, 1.807) is 7.11 Å². The molecule has 0 amide bonds. The Morgan fingerprint density at radius 3 is 2.95 bits per heavy atom. The van der Waals surface area contributed by atoms with Crippen LogP contribution in [0.4, 0.5) is 0 Å². The fourth-order valence-electron chi connectivity index (χ4n) is 3.08. The van der Waals surface area contributed by atoms with Crippen LogP contribution < -0.4 is 10.5 Å². The van der Waals surface area contributed by atoms with Crippen LogP contribution in [-0.2, 0) is 6.54 Å². The first-order valence-electron chi connectivity index (χ1n) is 7.58. The maximum Gasteiger partial charge on any atom is 0.145 e. The van der Waals surface area contributed by atoms with Crippen LogP contribution >= 0.6 is 0 Å². The van der Waals surface area contributed by atoms with Crippen LogP contribution in [0.5, 0.6) is 5.75 Å². The summed E-state index contributed by atoms with van der Waals surface area (Å²) in [6.07, 6.45) is 1.19. The molecule has 21 heavy (non-hydrogen) atoms. The molecule has 0 bridgehead atoms. The Labute approximate surface area is 125 Å². The van der Waals surface area contributed by atoms with E-state index in [-0.39, 0.29) is 6.04 Å². The molecule has 4 nitrogen and oxygen atoms in total. The molecule has 2 heterocycles. The first kappa shape index (κ1) is 14.3. The fraction of sp³-hybridized carbons (Fsp3) is 0.471. The van der Waals surface area contributed by atoms with Gasteiger partial charge in [-0.2, -0.15) is 0 Å². The second kappa shape index (κ2) is 6.00. The number of aromatic nitrogens is 1. The van der Waals surface area contributed by atoms with Gasteiger partial charge in [-0.15, -0.1) is 0 Å². The van der Waals surface area contributed by atoms with Gasteiger partial charge < -0.3 is 10.5 Å². The lowest BCUT2D eigenvalue weighted by atomic mass is 10.0. The Morgan fingerprint density at radius 2 is 2.24 bits per heavy atom. The first-order chi connectivity index (χ1) is 10.2. The zero-order valence-electron chi connectivity index (χ0n) is 12.7. The van der Waals surface area contributed by atoms with Gasteiger partial charge in [0.15, 0.2) is 0 Å². The van der Waals surface area contributed by atoms with Gasteiger partial charge in [-0.1, -0.05) is 18.2 Å². The third-order valence-corrected chi connectivity index (χ3v) is 4.40. The van der Waals surface area contributed by atoms with Gasteiger partial charge in [0.05, 0.1) is 12.8 Å². The molecule has 0 saturated carbocycles. The van der Waals surface area contributed by atoms with E-state index in [9.17, 15) is 0 Å². The topological polar surface area (TPSA) is 51.4 Å². The number of methoxy groups -OCH3 is 1. The van der Waals surface area contributed by atoms with Gasteiger partial charge in [0, 0.05) is 24.5 Å². The maximum absolute atomic E-state index is 6.01. The minimum atomic E-state index is 0.277. The number of rotatable bonds is 4. The van der Waals surface area contributed by atoms with Crippen molar-refractivity contribution in [3.63, 3.8) is 0 Å². The van der Waals surface area contributed by atoms with E-state index < -0.39 is 0 Å². The lowest BCUT2D eigenvalue weighted by molar-refractivity contribution is 0.305. The molecule has 0 aliphatic carbocycles. The normalized spacial score (nSPS) is 20.8. The highest BCUT2D eigenvalue weighted by Gasteiger charge is 2.25. The van der Waals surface area contributed by atoms with E-state index in [0.717, 1.165) is 42.0 Å². The van der Waals surface area contributed by atoms with Crippen LogP contribution in [0.2, 0.25) is 0 Å². The summed E-state index contributed by atoms with van der Waals surface area (Å²) in [6, 6.07) is 10.5. The summed E-state index contributed by atoms with van der Waals surface area (Å²) in [4.78, 5) is 7.22. The Hall–Kier alpha value is -1.65. The molecule has 4 heteroatoms. The number of hydrogen-bond acceptors (Lipinski definition) is 4. The third-order valence-electron chi connectivity index (χ3n) is 4.40. The summed E-state index contributed by atoms with van der Waals surface area (Å²) < 4.78 is 5.41. The molecule has 112 valence electrons. The highest BCUT2D eigenvalue weighted by molar-refractivity contribution is 5.84. The zero-order valence-corrected chi connectivity index (χ0v) is 12.7. The molecule has 3 rings (SSSR count). The van der Waals surface area contributed by atoms with Crippen LogP contribution in [0.15, 0.2) is 30.3 Å². The zero-order chi connectivity index (χ0) is 14.8. The molecule has 2 atom stereocenters. The molecule has 1 aromatic heterocycles. The van der Waals surface area contributed by atoms with Gasteiger partial charge >= 0.3 is 0 Å². The van der Waals surface area contributed by atoms with Crippen molar-refractivity contribution in [1.29, 1.82) is 0 Å². The Bertz CT molecular complexity index is 626. The molecule has 1 aliphatic rings. The quantitative estimate of drug-likeness (QED) is 0.937. The molecule has 0 spiro atoms. The van der Waals surface area contributed by atoms with Gasteiger partial charge in [-0.25, -0.2) is 4.98 Å². The van der Waals surface area contributed by atoms with Crippen LogP contribution in [-0.4, -0.2) is 36.1 Å². The van der Waals surface area contributed by atoms with Gasteiger partial charge in [-0.05, 0) is 37.9 Å². The lowest BCUT2D eigenvalue weighted by Gasteiger charge is -2.17. The highest BCUT2D eigenvalue weighted by Crippen LogP contribution is 2.25. The monoisotopic (exact) mass is 285 g/mol. The van der Waals surface area contributed by atoms with Crippen molar-refractivity contribution in [2.45, 2.75) is 25.9 Å². The predicted octanol–water partition coefficient (Wildman–Crippen LogP) is 2.41. The number of benzene rings is 1. The van der Waals surface area contributed by atoms with E-state index in [1.807, 2.05) is 12.1 Å². The summed E-state index contributed by atoms with van der Waals surface area (Å²) in [5.74, 6) is 1.45. The standard InChI is InChI=1S/C17H23N3O/c1-12(18)14-8-9-20(10-14)11-15-7-6-13-4-3-5-16(21-2)17(13)19-15/h3-7,12,14H,8-11,18H2,1-2H3. The number of nitrogens with zero attached hydrogens (tertiary/aromatic N) is 2. The molecular formula is C17H23N3O. The number of para-hydroxylation sites is 1. The van der Waals surface area contributed by atoms with Crippen LogP contribution in [0.3, 0.4) is 0 Å². The summed E-state index contributed by atoms with van der Waals surface area (Å²) in [7, 11) is 1.69. The van der Waals surface area contributed by atoms with Crippen molar-refractivity contribution in [3.8, 4) is 5.75 Å². The van der Waals surface area contributed by atoms with E-state index in [0.29, 0.717) is 5.92 Å². The van der Waals surface area contributed by atoms with Crippen molar-refractivity contribution >= 4 is 10.9 Å². The van der Waals surface area contributed by atoms with Crippen molar-refractivity contribution in [3.05, 3.63) is 36.0 Å². The number of pyridine rings is 1. The minimum absolute atomic E-state index is 0.277. The Morgan fingerprint density at radius 1 is 1.38 bits per heavy atom. The number of nitrogens with two attached hydrogens (primary N) is 1. The number of likely N-dealkylation sites (tertiary alicyclic amines) is 1. The molecule has 2 aromatic rings. The van der Waals surface area contributed by atoms with Crippen LogP contribution in [0.25, 0.3) is 10.9 Å². The number of hydrogen-bond donors (Lipinski definition) is 1. The van der Waals surface area contributed by atoms with Crippen LogP contribution in [0, 0.1) is 5.92 Å². The molecule has 1 aromatic carbocycles. The summed E-state index contributed by atoms with van der Waals surface area (Å²) in [5.41, 5.74) is 8.05. The van der Waals surface area contributed by atoms with E-state index in [4.69, 9.17) is 15.5 Å². The second-order valence-electron chi connectivity index (χ2n) is 5.98. The Kier molecular flexibility index (Phi) is 4.08. The first-order valence-corrected chi connectivity index (χ1v) is 7.58. The summed E-state index contributed by atoms with van der Waals surface area (Å²) in [6.45, 7) is 5.17. The molecular weight excluding hydrogens is 262 g/mol. The van der Waals surface area contributed by atoms with Crippen molar-refractivity contribution < 1.29 is 4.74 Å². The van der Waals surface area contributed by atoms with E-state index in [1.165, 1.54) is 6.42 Å². The predicted molar refractivity (Wildman–Crippen MR) is 85.3 cm³/mol. The maximum atomic E-state index is 6.01. The van der Waals surface area contributed by atoms with Crippen molar-refractivity contribution in [2.75, 3.05) is 20.2 Å². The average molecular weight is 285 g/mol. The summed E-state index contributed by atoms with van der Waals surface area (Å²) in [5, 5.41) is 1.12. The smallest absolute Gasteiger partial charge is 0.145 e. The molecule has 1 aliphatic heterocycles. The molecule has 1 fully saturated rings. The third kappa shape index (κ3) is 3.01.